The first-order chi connectivity index (χ1) is 9.83. The molecule has 20 heavy (non-hydrogen) atoms. The molecule has 0 saturated carbocycles. The van der Waals surface area contributed by atoms with Crippen LogP contribution in [0.15, 0.2) is 52.4 Å². The molecule has 0 aliphatic heterocycles. The zero-order valence-corrected chi connectivity index (χ0v) is 13.6. The fourth-order valence-electron chi connectivity index (χ4n) is 2.34. The fraction of sp³-hybridized carbons (Fsp3) is 0.250. The highest BCUT2D eigenvalue weighted by Crippen LogP contribution is 2.20. The van der Waals surface area contributed by atoms with E-state index in [0.717, 1.165) is 30.5 Å². The van der Waals surface area contributed by atoms with E-state index in [-0.39, 0.29) is 0 Å². The Morgan fingerprint density at radius 1 is 1.15 bits per heavy atom. The molecule has 2 heterocycles. The number of hydrogen-bond acceptors (Lipinski definition) is 2. The van der Waals surface area contributed by atoms with Gasteiger partial charge in [-0.2, -0.15) is 0 Å². The lowest BCUT2D eigenvalue weighted by Gasteiger charge is -2.07. The molecule has 2 nitrogen and oxygen atoms in total. The second kappa shape index (κ2) is 6.57. The Morgan fingerprint density at radius 3 is 2.95 bits per heavy atom. The third-order valence-corrected chi connectivity index (χ3v) is 4.82. The van der Waals surface area contributed by atoms with Gasteiger partial charge in [-0.25, -0.2) is 0 Å². The molecule has 2 aromatic heterocycles. The van der Waals surface area contributed by atoms with Gasteiger partial charge in [0.1, 0.15) is 0 Å². The Morgan fingerprint density at radius 2 is 2.10 bits per heavy atom. The van der Waals surface area contributed by atoms with E-state index < -0.39 is 0 Å². The zero-order chi connectivity index (χ0) is 13.8. The largest absolute Gasteiger partial charge is 0.346 e. The van der Waals surface area contributed by atoms with E-state index >= 15 is 0 Å². The molecular formula is C16H17BrN2S. The molecule has 4 heteroatoms. The van der Waals surface area contributed by atoms with E-state index in [1.807, 2.05) is 11.3 Å². The van der Waals surface area contributed by atoms with Crippen LogP contribution in [0, 0.1) is 0 Å². The van der Waals surface area contributed by atoms with Crippen LogP contribution in [0.5, 0.6) is 0 Å². The summed E-state index contributed by atoms with van der Waals surface area (Å²) in [5, 5.41) is 6.95. The van der Waals surface area contributed by atoms with E-state index in [0.29, 0.717) is 0 Å². The highest BCUT2D eigenvalue weighted by molar-refractivity contribution is 9.10. The van der Waals surface area contributed by atoms with Gasteiger partial charge in [0.2, 0.25) is 0 Å². The van der Waals surface area contributed by atoms with Gasteiger partial charge in [0.05, 0.1) is 0 Å². The lowest BCUT2D eigenvalue weighted by molar-refractivity contribution is 0.611. The normalized spacial score (nSPS) is 11.2. The Kier molecular flexibility index (Phi) is 4.55. The molecule has 3 aromatic rings. The summed E-state index contributed by atoms with van der Waals surface area (Å²) in [5.74, 6) is 0. The molecule has 104 valence electrons. The van der Waals surface area contributed by atoms with E-state index in [1.54, 1.807) is 0 Å². The van der Waals surface area contributed by atoms with Crippen molar-refractivity contribution in [2.24, 2.45) is 0 Å². The summed E-state index contributed by atoms with van der Waals surface area (Å²) >= 11 is 5.37. The lowest BCUT2D eigenvalue weighted by atomic mass is 10.2. The van der Waals surface area contributed by atoms with Crippen LogP contribution in [0.3, 0.4) is 0 Å². The smallest absolute Gasteiger partial charge is 0.0492 e. The van der Waals surface area contributed by atoms with Crippen LogP contribution < -0.4 is 5.32 Å². The molecule has 0 fully saturated rings. The standard InChI is InChI=1S/C16H17BrN2S/c17-14-4-3-13-6-9-19(16(13)12-14)10-8-18-7-5-15-2-1-11-20-15/h1-4,6,9,11-12,18H,5,7-8,10H2. The topological polar surface area (TPSA) is 17.0 Å². The molecule has 0 amide bonds. The molecule has 0 bridgehead atoms. The van der Waals surface area contributed by atoms with Crippen LogP contribution >= 0.6 is 27.3 Å². The van der Waals surface area contributed by atoms with Crippen molar-refractivity contribution >= 4 is 38.2 Å². The number of hydrogen-bond donors (Lipinski definition) is 1. The van der Waals surface area contributed by atoms with Gasteiger partial charge in [0, 0.05) is 40.7 Å². The van der Waals surface area contributed by atoms with Gasteiger partial charge in [0.25, 0.3) is 0 Å². The maximum Gasteiger partial charge on any atom is 0.0492 e. The molecule has 0 unspecified atom stereocenters. The summed E-state index contributed by atoms with van der Waals surface area (Å²) in [6.45, 7) is 3.05. The molecule has 3 rings (SSSR count). The second-order valence-electron chi connectivity index (χ2n) is 4.79. The van der Waals surface area contributed by atoms with Crippen molar-refractivity contribution in [2.45, 2.75) is 13.0 Å². The number of rotatable bonds is 6. The summed E-state index contributed by atoms with van der Waals surface area (Å²) in [6, 6.07) is 12.9. The average molecular weight is 349 g/mol. The van der Waals surface area contributed by atoms with Crippen LogP contribution in [-0.4, -0.2) is 17.7 Å². The van der Waals surface area contributed by atoms with Crippen LogP contribution in [-0.2, 0) is 13.0 Å². The molecular weight excluding hydrogens is 332 g/mol. The van der Waals surface area contributed by atoms with Crippen molar-refractivity contribution in [2.75, 3.05) is 13.1 Å². The van der Waals surface area contributed by atoms with Crippen molar-refractivity contribution in [3.63, 3.8) is 0 Å². The molecule has 1 aromatic carbocycles. The monoisotopic (exact) mass is 348 g/mol. The molecule has 0 aliphatic rings. The highest BCUT2D eigenvalue weighted by Gasteiger charge is 2.01. The maximum atomic E-state index is 3.54. The SMILES string of the molecule is Brc1ccc2ccn(CCNCCc3cccs3)c2c1. The number of aromatic nitrogens is 1. The Balaban J connectivity index is 1.51. The number of thiophene rings is 1. The van der Waals surface area contributed by atoms with Crippen molar-refractivity contribution in [3.8, 4) is 0 Å². The number of benzene rings is 1. The first-order valence-corrected chi connectivity index (χ1v) is 8.48. The van der Waals surface area contributed by atoms with Gasteiger partial charge in [-0.15, -0.1) is 11.3 Å². The van der Waals surface area contributed by atoms with Crippen LogP contribution in [0.25, 0.3) is 10.9 Å². The Bertz CT molecular complexity index is 673. The van der Waals surface area contributed by atoms with Gasteiger partial charge in [0.15, 0.2) is 0 Å². The van der Waals surface area contributed by atoms with E-state index in [9.17, 15) is 0 Å². The minimum Gasteiger partial charge on any atom is -0.346 e. The van der Waals surface area contributed by atoms with Gasteiger partial charge in [-0.3, -0.25) is 0 Å². The van der Waals surface area contributed by atoms with E-state index in [4.69, 9.17) is 0 Å². The van der Waals surface area contributed by atoms with E-state index in [2.05, 4.69) is 73.8 Å². The van der Waals surface area contributed by atoms with Crippen LogP contribution in [0.4, 0.5) is 0 Å². The van der Waals surface area contributed by atoms with Gasteiger partial charge >= 0.3 is 0 Å². The lowest BCUT2D eigenvalue weighted by Crippen LogP contribution is -2.21. The van der Waals surface area contributed by atoms with Crippen molar-refractivity contribution in [1.29, 1.82) is 0 Å². The number of nitrogens with one attached hydrogen (secondary N) is 1. The first-order valence-electron chi connectivity index (χ1n) is 6.80. The molecule has 1 N–H and O–H groups in total. The van der Waals surface area contributed by atoms with E-state index in [1.165, 1.54) is 15.8 Å². The summed E-state index contributed by atoms with van der Waals surface area (Å²) in [4.78, 5) is 1.45. The van der Waals surface area contributed by atoms with Gasteiger partial charge in [-0.1, -0.05) is 28.1 Å². The predicted molar refractivity (Wildman–Crippen MR) is 90.5 cm³/mol. The second-order valence-corrected chi connectivity index (χ2v) is 6.74. The third-order valence-electron chi connectivity index (χ3n) is 3.39. The highest BCUT2D eigenvalue weighted by atomic mass is 79.9. The van der Waals surface area contributed by atoms with Gasteiger partial charge < -0.3 is 9.88 Å². The molecule has 0 atom stereocenters. The maximum absolute atomic E-state index is 3.54. The van der Waals surface area contributed by atoms with Crippen LogP contribution in [0.1, 0.15) is 4.88 Å². The van der Waals surface area contributed by atoms with Crippen molar-refractivity contribution < 1.29 is 0 Å². The van der Waals surface area contributed by atoms with Gasteiger partial charge in [-0.05, 0) is 41.5 Å². The minimum atomic E-state index is 1.00. The molecule has 0 saturated heterocycles. The summed E-state index contributed by atoms with van der Waals surface area (Å²) in [5.41, 5.74) is 1.29. The van der Waals surface area contributed by atoms with Crippen molar-refractivity contribution in [1.82, 2.24) is 9.88 Å². The average Bonchev–Trinajstić information content (AvgIpc) is 3.08. The predicted octanol–water partition coefficient (Wildman–Crippen LogP) is 4.30. The number of halogens is 1. The summed E-state index contributed by atoms with van der Waals surface area (Å²) in [7, 11) is 0. The summed E-state index contributed by atoms with van der Waals surface area (Å²) in [6.07, 6.45) is 3.29. The quantitative estimate of drug-likeness (QED) is 0.657. The van der Waals surface area contributed by atoms with Crippen molar-refractivity contribution in [3.05, 3.63) is 57.3 Å². The molecule has 0 spiro atoms. The Hall–Kier alpha value is -1.10. The Labute approximate surface area is 131 Å². The number of fused-ring (bicyclic) bond motifs is 1. The first kappa shape index (κ1) is 13.9. The zero-order valence-electron chi connectivity index (χ0n) is 11.2. The fourth-order valence-corrected chi connectivity index (χ4v) is 3.40. The third kappa shape index (κ3) is 3.32. The molecule has 0 aliphatic carbocycles. The number of nitrogens with zero attached hydrogens (tertiary/aromatic N) is 1. The summed E-state index contributed by atoms with van der Waals surface area (Å²) < 4.78 is 3.44. The van der Waals surface area contributed by atoms with Crippen LogP contribution in [0.2, 0.25) is 0 Å². The minimum absolute atomic E-state index is 1.00. The molecule has 0 radical (unpaired) electrons.